The van der Waals surface area contributed by atoms with Crippen molar-refractivity contribution >= 4 is 24.4 Å². The highest BCUT2D eigenvalue weighted by molar-refractivity contribution is 7.80. The molecule has 0 aliphatic rings. The van der Waals surface area contributed by atoms with Crippen molar-refractivity contribution in [2.75, 3.05) is 19.8 Å². The summed E-state index contributed by atoms with van der Waals surface area (Å²) >= 11 is 3.99. The fourth-order valence-electron chi connectivity index (χ4n) is 0.796. The van der Waals surface area contributed by atoms with E-state index in [4.69, 9.17) is 0 Å². The van der Waals surface area contributed by atoms with Gasteiger partial charge < -0.3 is 16.0 Å². The molecular weight excluding hydrogens is 202 g/mol. The number of likely N-dealkylation sites (N-methyl/N-ethyl adjacent to an activating group) is 2. The molecule has 0 saturated heterocycles. The molecule has 0 radical (unpaired) electrons. The van der Waals surface area contributed by atoms with E-state index in [1.807, 2.05) is 0 Å². The molecule has 0 fully saturated rings. The van der Waals surface area contributed by atoms with Crippen molar-refractivity contribution in [3.05, 3.63) is 0 Å². The van der Waals surface area contributed by atoms with Gasteiger partial charge >= 0.3 is 0 Å². The van der Waals surface area contributed by atoms with E-state index in [2.05, 4.69) is 28.6 Å². The van der Waals surface area contributed by atoms with Gasteiger partial charge in [-0.05, 0) is 14.0 Å². The van der Waals surface area contributed by atoms with Gasteiger partial charge in [-0.25, -0.2) is 0 Å². The Balaban J connectivity index is 4.18. The van der Waals surface area contributed by atoms with E-state index < -0.39 is 6.04 Å². The maximum atomic E-state index is 11.4. The third kappa shape index (κ3) is 3.97. The molecule has 0 bridgehead atoms. The van der Waals surface area contributed by atoms with Crippen molar-refractivity contribution in [1.29, 1.82) is 0 Å². The van der Waals surface area contributed by atoms with Crippen LogP contribution in [0, 0.1) is 0 Å². The van der Waals surface area contributed by atoms with Crippen LogP contribution in [0.2, 0.25) is 0 Å². The minimum Gasteiger partial charge on any atom is -0.357 e. The lowest BCUT2D eigenvalue weighted by molar-refractivity contribution is -0.129. The van der Waals surface area contributed by atoms with Gasteiger partial charge in [0, 0.05) is 12.8 Å². The Kier molecular flexibility index (Phi) is 6.31. The molecule has 2 amide bonds. The number of nitrogens with one attached hydrogen (secondary N) is 3. The second kappa shape index (κ2) is 6.67. The third-order valence-electron chi connectivity index (χ3n) is 1.89. The topological polar surface area (TPSA) is 70.2 Å². The van der Waals surface area contributed by atoms with Gasteiger partial charge in [-0.1, -0.05) is 0 Å². The Morgan fingerprint density at radius 3 is 2.21 bits per heavy atom. The molecule has 5 nitrogen and oxygen atoms in total. The second-order valence-corrected chi connectivity index (χ2v) is 3.23. The Morgan fingerprint density at radius 2 is 1.86 bits per heavy atom. The van der Waals surface area contributed by atoms with Gasteiger partial charge in [-0.3, -0.25) is 9.59 Å². The highest BCUT2D eigenvalue weighted by Crippen LogP contribution is 1.90. The fraction of sp³-hybridized carbons (Fsp3) is 0.750. The van der Waals surface area contributed by atoms with E-state index in [0.29, 0.717) is 0 Å². The van der Waals surface area contributed by atoms with E-state index >= 15 is 0 Å². The molecule has 0 aliphatic heterocycles. The molecule has 0 rings (SSSR count). The van der Waals surface area contributed by atoms with Crippen molar-refractivity contribution in [1.82, 2.24) is 16.0 Å². The Labute approximate surface area is 89.4 Å². The molecular formula is C8H17N3O2S. The van der Waals surface area contributed by atoms with Gasteiger partial charge in [0.15, 0.2) is 0 Å². The predicted octanol–water partition coefficient (Wildman–Crippen LogP) is -1.25. The first-order chi connectivity index (χ1) is 6.56. The lowest BCUT2D eigenvalue weighted by Gasteiger charge is -2.17. The summed E-state index contributed by atoms with van der Waals surface area (Å²) in [6, 6.07) is -0.895. The van der Waals surface area contributed by atoms with Gasteiger partial charge in [0.1, 0.15) is 6.04 Å². The first kappa shape index (κ1) is 13.2. The molecule has 2 atom stereocenters. The zero-order valence-corrected chi connectivity index (χ0v) is 9.52. The van der Waals surface area contributed by atoms with Gasteiger partial charge in [-0.15, -0.1) is 0 Å². The summed E-state index contributed by atoms with van der Waals surface area (Å²) in [6.07, 6.45) is 0. The lowest BCUT2D eigenvalue weighted by atomic mass is 10.2. The molecule has 0 aromatic heterocycles. The van der Waals surface area contributed by atoms with Crippen LogP contribution in [0.25, 0.3) is 0 Å². The number of hydrogen-bond donors (Lipinski definition) is 4. The Morgan fingerprint density at radius 1 is 1.29 bits per heavy atom. The largest absolute Gasteiger partial charge is 0.357 e. The molecule has 1 unspecified atom stereocenters. The maximum Gasteiger partial charge on any atom is 0.243 e. The molecule has 0 heterocycles. The predicted molar refractivity (Wildman–Crippen MR) is 58.4 cm³/mol. The Hall–Kier alpha value is -0.750. The molecule has 0 saturated carbocycles. The van der Waals surface area contributed by atoms with Crippen LogP contribution < -0.4 is 16.0 Å². The van der Waals surface area contributed by atoms with Gasteiger partial charge in [0.2, 0.25) is 11.8 Å². The van der Waals surface area contributed by atoms with Crippen molar-refractivity contribution in [2.24, 2.45) is 0 Å². The van der Waals surface area contributed by atoms with Crippen LogP contribution in [0.3, 0.4) is 0 Å². The summed E-state index contributed by atoms with van der Waals surface area (Å²) in [5.74, 6) is -0.172. The zero-order chi connectivity index (χ0) is 11.1. The lowest BCUT2D eigenvalue weighted by Crippen LogP contribution is -2.51. The third-order valence-corrected chi connectivity index (χ3v) is 2.25. The van der Waals surface area contributed by atoms with Crippen LogP contribution in [-0.4, -0.2) is 43.7 Å². The van der Waals surface area contributed by atoms with Crippen LogP contribution in [-0.2, 0) is 9.59 Å². The maximum absolute atomic E-state index is 11.4. The highest BCUT2D eigenvalue weighted by atomic mass is 32.1. The number of rotatable bonds is 5. The summed E-state index contributed by atoms with van der Waals surface area (Å²) in [5.41, 5.74) is 0. The van der Waals surface area contributed by atoms with E-state index in [1.54, 1.807) is 14.0 Å². The quantitative estimate of drug-likeness (QED) is 0.437. The summed E-state index contributed by atoms with van der Waals surface area (Å²) in [5, 5.41) is 7.82. The zero-order valence-electron chi connectivity index (χ0n) is 8.63. The van der Waals surface area contributed by atoms with Crippen molar-refractivity contribution in [3.8, 4) is 0 Å². The van der Waals surface area contributed by atoms with Crippen molar-refractivity contribution in [3.63, 3.8) is 0 Å². The van der Waals surface area contributed by atoms with Crippen LogP contribution in [0.4, 0.5) is 0 Å². The summed E-state index contributed by atoms with van der Waals surface area (Å²) in [6.45, 7) is 1.72. The number of carbonyl (C=O) groups excluding carboxylic acids is 2. The highest BCUT2D eigenvalue weighted by Gasteiger charge is 2.20. The number of hydrogen-bond acceptors (Lipinski definition) is 4. The minimum absolute atomic E-state index is 0.213. The van der Waals surface area contributed by atoms with E-state index in [1.165, 1.54) is 7.05 Å². The molecule has 0 aromatic carbocycles. The average Bonchev–Trinajstić information content (AvgIpc) is 2.22. The average molecular weight is 219 g/mol. The molecule has 82 valence electrons. The molecule has 0 aromatic rings. The SMILES string of the molecule is CNC(=O)C(CS)NC(=O)[C@@H](C)NC. The summed E-state index contributed by atoms with van der Waals surface area (Å²) < 4.78 is 0. The molecule has 6 heteroatoms. The first-order valence-corrected chi connectivity index (χ1v) is 5.00. The first-order valence-electron chi connectivity index (χ1n) is 4.36. The van der Waals surface area contributed by atoms with Gasteiger partial charge in [-0.2, -0.15) is 12.6 Å². The van der Waals surface area contributed by atoms with E-state index in [0.717, 1.165) is 0 Å². The number of amides is 2. The van der Waals surface area contributed by atoms with Crippen LogP contribution in [0.5, 0.6) is 0 Å². The van der Waals surface area contributed by atoms with Gasteiger partial charge in [0.05, 0.1) is 6.04 Å². The molecule has 0 aliphatic carbocycles. The summed E-state index contributed by atoms with van der Waals surface area (Å²) in [7, 11) is 3.20. The monoisotopic (exact) mass is 219 g/mol. The minimum atomic E-state index is -0.577. The molecule has 3 N–H and O–H groups in total. The smallest absolute Gasteiger partial charge is 0.243 e. The Bertz CT molecular complexity index is 211. The normalized spacial score (nSPS) is 14.3. The molecule has 0 spiro atoms. The number of carbonyl (C=O) groups is 2. The van der Waals surface area contributed by atoms with E-state index in [9.17, 15) is 9.59 Å². The number of thiol groups is 1. The van der Waals surface area contributed by atoms with Crippen LogP contribution >= 0.6 is 12.6 Å². The molecule has 14 heavy (non-hydrogen) atoms. The standard InChI is InChI=1S/C8H17N3O2S/c1-5(9-2)7(12)11-6(4-14)8(13)10-3/h5-6,9,14H,4H2,1-3H3,(H,10,13)(H,11,12)/t5-,6?/m1/s1. The van der Waals surface area contributed by atoms with Crippen molar-refractivity contribution in [2.45, 2.75) is 19.0 Å². The van der Waals surface area contributed by atoms with Gasteiger partial charge in [0.25, 0.3) is 0 Å². The second-order valence-electron chi connectivity index (χ2n) is 2.87. The summed E-state index contributed by atoms with van der Waals surface area (Å²) in [4.78, 5) is 22.6. The van der Waals surface area contributed by atoms with Crippen LogP contribution in [0.1, 0.15) is 6.92 Å². The van der Waals surface area contributed by atoms with Crippen LogP contribution in [0.15, 0.2) is 0 Å². The fourth-order valence-corrected chi connectivity index (χ4v) is 1.05. The van der Waals surface area contributed by atoms with E-state index in [-0.39, 0.29) is 23.6 Å². The van der Waals surface area contributed by atoms with Crippen molar-refractivity contribution < 1.29 is 9.59 Å².